The van der Waals surface area contributed by atoms with Gasteiger partial charge in [0.25, 0.3) is 0 Å². The fourth-order valence-corrected chi connectivity index (χ4v) is 2.56. The summed E-state index contributed by atoms with van der Waals surface area (Å²) in [5.74, 6) is 0.0980. The van der Waals surface area contributed by atoms with Crippen LogP contribution in [0.5, 0.6) is 0 Å². The van der Waals surface area contributed by atoms with Crippen molar-refractivity contribution in [3.05, 3.63) is 60.2 Å². The Kier molecular flexibility index (Phi) is 3.77. The molecule has 3 rings (SSSR count). The molecule has 2 aromatic rings. The second kappa shape index (κ2) is 5.87. The number of nitrogens with one attached hydrogen (secondary N) is 2. The van der Waals surface area contributed by atoms with E-state index in [4.69, 9.17) is 0 Å². The number of anilines is 2. The Morgan fingerprint density at radius 1 is 1.10 bits per heavy atom. The normalized spacial score (nSPS) is 16.3. The summed E-state index contributed by atoms with van der Waals surface area (Å²) in [6.45, 7) is 1.23. The molecule has 4 heteroatoms. The molecule has 1 amide bonds. The van der Waals surface area contributed by atoms with Crippen LogP contribution >= 0.6 is 0 Å². The van der Waals surface area contributed by atoms with Crippen molar-refractivity contribution in [2.75, 3.05) is 24.2 Å². The third kappa shape index (κ3) is 2.99. The highest BCUT2D eigenvalue weighted by Crippen LogP contribution is 2.25. The number of likely N-dealkylation sites (N-methyl/N-ethyl adjacent to an activating group) is 1. The van der Waals surface area contributed by atoms with Gasteiger partial charge < -0.3 is 15.5 Å². The lowest BCUT2D eigenvalue weighted by Crippen LogP contribution is -2.46. The van der Waals surface area contributed by atoms with E-state index in [-0.39, 0.29) is 11.9 Å². The molecular weight excluding hydrogens is 262 g/mol. The highest BCUT2D eigenvalue weighted by Gasteiger charge is 2.25. The van der Waals surface area contributed by atoms with Crippen LogP contribution in [0, 0.1) is 0 Å². The van der Waals surface area contributed by atoms with Crippen molar-refractivity contribution in [1.82, 2.24) is 4.90 Å². The zero-order chi connectivity index (χ0) is 14.7. The van der Waals surface area contributed by atoms with Crippen LogP contribution in [0.2, 0.25) is 0 Å². The van der Waals surface area contributed by atoms with E-state index in [1.165, 1.54) is 0 Å². The molecule has 0 fully saturated rings. The Bertz CT molecular complexity index is 627. The molecule has 1 aliphatic rings. The molecule has 1 heterocycles. The molecule has 21 heavy (non-hydrogen) atoms. The maximum atomic E-state index is 12.5. The minimum Gasteiger partial charge on any atom is -0.381 e. The fraction of sp³-hybridized carbons (Fsp3) is 0.235. The third-order valence-corrected chi connectivity index (χ3v) is 3.69. The molecule has 2 N–H and O–H groups in total. The monoisotopic (exact) mass is 281 g/mol. The number of carbonyl (C=O) groups excluding carboxylic acids is 1. The van der Waals surface area contributed by atoms with E-state index < -0.39 is 0 Å². The Labute approximate surface area is 124 Å². The molecule has 0 aromatic heterocycles. The molecule has 0 saturated carbocycles. The summed E-state index contributed by atoms with van der Waals surface area (Å²) in [5.41, 5.74) is 3.17. The average Bonchev–Trinajstić information content (AvgIpc) is 2.54. The van der Waals surface area contributed by atoms with E-state index in [1.54, 1.807) is 4.90 Å². The predicted octanol–water partition coefficient (Wildman–Crippen LogP) is 2.55. The minimum absolute atomic E-state index is 0.0980. The molecule has 0 radical (unpaired) electrons. The van der Waals surface area contributed by atoms with Crippen LogP contribution in [0.15, 0.2) is 54.6 Å². The minimum atomic E-state index is -0.228. The summed E-state index contributed by atoms with van der Waals surface area (Å²) >= 11 is 0. The highest BCUT2D eigenvalue weighted by molar-refractivity contribution is 5.88. The number of benzene rings is 2. The van der Waals surface area contributed by atoms with Crippen LogP contribution < -0.4 is 10.6 Å². The van der Waals surface area contributed by atoms with Crippen LogP contribution in [0.1, 0.15) is 5.56 Å². The summed E-state index contributed by atoms with van der Waals surface area (Å²) in [7, 11) is 1.84. The van der Waals surface area contributed by atoms with Crippen molar-refractivity contribution < 1.29 is 4.79 Å². The van der Waals surface area contributed by atoms with Gasteiger partial charge in [-0.05, 0) is 17.7 Å². The Balaban J connectivity index is 1.66. The molecule has 0 aliphatic carbocycles. The molecule has 2 aromatic carbocycles. The van der Waals surface area contributed by atoms with Gasteiger partial charge in [0.1, 0.15) is 6.04 Å². The van der Waals surface area contributed by atoms with Crippen molar-refractivity contribution >= 4 is 17.3 Å². The molecule has 1 atom stereocenters. The van der Waals surface area contributed by atoms with Gasteiger partial charge in [0.2, 0.25) is 5.91 Å². The van der Waals surface area contributed by atoms with Gasteiger partial charge in [-0.3, -0.25) is 4.79 Å². The van der Waals surface area contributed by atoms with Crippen molar-refractivity contribution in [2.45, 2.75) is 12.6 Å². The third-order valence-electron chi connectivity index (χ3n) is 3.69. The number of hydrogen-bond donors (Lipinski definition) is 2. The summed E-state index contributed by atoms with van der Waals surface area (Å²) in [6.07, 6.45) is 0. The average molecular weight is 281 g/mol. The Morgan fingerprint density at radius 3 is 2.52 bits per heavy atom. The van der Waals surface area contributed by atoms with Crippen molar-refractivity contribution in [3.63, 3.8) is 0 Å². The van der Waals surface area contributed by atoms with Gasteiger partial charge in [0, 0.05) is 20.1 Å². The summed E-state index contributed by atoms with van der Waals surface area (Å²) < 4.78 is 0. The van der Waals surface area contributed by atoms with Gasteiger partial charge in [0.05, 0.1) is 11.4 Å². The van der Waals surface area contributed by atoms with Crippen molar-refractivity contribution in [3.8, 4) is 0 Å². The van der Waals surface area contributed by atoms with E-state index in [0.29, 0.717) is 13.1 Å². The SMILES string of the molecule is CN(Cc1ccccc1)C(=O)C1CNc2ccccc2N1. The van der Waals surface area contributed by atoms with Gasteiger partial charge in [0.15, 0.2) is 0 Å². The van der Waals surface area contributed by atoms with Crippen LogP contribution in [0.25, 0.3) is 0 Å². The number of hydrogen-bond acceptors (Lipinski definition) is 3. The molecule has 108 valence electrons. The first-order valence-corrected chi connectivity index (χ1v) is 7.12. The molecule has 1 unspecified atom stereocenters. The van der Waals surface area contributed by atoms with E-state index in [2.05, 4.69) is 10.6 Å². The molecule has 0 spiro atoms. The number of carbonyl (C=O) groups is 1. The molecule has 0 bridgehead atoms. The topological polar surface area (TPSA) is 44.4 Å². The van der Waals surface area contributed by atoms with E-state index in [1.807, 2.05) is 61.6 Å². The number of rotatable bonds is 3. The zero-order valence-electron chi connectivity index (χ0n) is 12.0. The first-order chi connectivity index (χ1) is 10.2. The number of amides is 1. The first kappa shape index (κ1) is 13.5. The predicted molar refractivity (Wildman–Crippen MR) is 85.3 cm³/mol. The molecule has 1 aliphatic heterocycles. The smallest absolute Gasteiger partial charge is 0.246 e. The van der Waals surface area contributed by atoms with Gasteiger partial charge in [-0.1, -0.05) is 42.5 Å². The summed E-state index contributed by atoms with van der Waals surface area (Å²) in [4.78, 5) is 14.3. The Hall–Kier alpha value is -2.49. The standard InChI is InChI=1S/C17H19N3O/c1-20(12-13-7-3-2-4-8-13)17(21)16-11-18-14-9-5-6-10-15(14)19-16/h2-10,16,18-19H,11-12H2,1H3. The second-order valence-corrected chi connectivity index (χ2v) is 5.30. The maximum Gasteiger partial charge on any atom is 0.246 e. The maximum absolute atomic E-state index is 12.5. The van der Waals surface area contributed by atoms with E-state index >= 15 is 0 Å². The second-order valence-electron chi connectivity index (χ2n) is 5.30. The zero-order valence-corrected chi connectivity index (χ0v) is 12.0. The summed E-state index contributed by atoms with van der Waals surface area (Å²) in [5, 5.41) is 6.61. The lowest BCUT2D eigenvalue weighted by molar-refractivity contribution is -0.131. The quantitative estimate of drug-likeness (QED) is 0.908. The largest absolute Gasteiger partial charge is 0.381 e. The van der Waals surface area contributed by atoms with E-state index in [9.17, 15) is 4.79 Å². The molecular formula is C17H19N3O. The van der Waals surface area contributed by atoms with Gasteiger partial charge in [-0.25, -0.2) is 0 Å². The number of nitrogens with zero attached hydrogens (tertiary/aromatic N) is 1. The van der Waals surface area contributed by atoms with Crippen LogP contribution in [0.4, 0.5) is 11.4 Å². The van der Waals surface area contributed by atoms with Crippen LogP contribution in [-0.4, -0.2) is 30.4 Å². The van der Waals surface area contributed by atoms with Gasteiger partial charge >= 0.3 is 0 Å². The van der Waals surface area contributed by atoms with E-state index in [0.717, 1.165) is 16.9 Å². The molecule has 4 nitrogen and oxygen atoms in total. The first-order valence-electron chi connectivity index (χ1n) is 7.12. The molecule has 0 saturated heterocycles. The lowest BCUT2D eigenvalue weighted by atomic mass is 10.1. The number of para-hydroxylation sites is 2. The highest BCUT2D eigenvalue weighted by atomic mass is 16.2. The fourth-order valence-electron chi connectivity index (χ4n) is 2.56. The van der Waals surface area contributed by atoms with Crippen molar-refractivity contribution in [1.29, 1.82) is 0 Å². The van der Waals surface area contributed by atoms with Crippen LogP contribution in [-0.2, 0) is 11.3 Å². The van der Waals surface area contributed by atoms with Gasteiger partial charge in [-0.2, -0.15) is 0 Å². The van der Waals surface area contributed by atoms with Gasteiger partial charge in [-0.15, -0.1) is 0 Å². The van der Waals surface area contributed by atoms with Crippen molar-refractivity contribution in [2.24, 2.45) is 0 Å². The lowest BCUT2D eigenvalue weighted by Gasteiger charge is -2.30. The van der Waals surface area contributed by atoms with Crippen LogP contribution in [0.3, 0.4) is 0 Å². The Morgan fingerprint density at radius 2 is 1.76 bits per heavy atom. The summed E-state index contributed by atoms with van der Waals surface area (Å²) in [6, 6.07) is 17.7. The number of fused-ring (bicyclic) bond motifs is 1.